The van der Waals surface area contributed by atoms with E-state index in [1.807, 2.05) is 0 Å². The highest BCUT2D eigenvalue weighted by molar-refractivity contribution is 5.81. The normalized spacial score (nSPS) is 25.6. The molecule has 3 N–H and O–H groups in total. The quantitative estimate of drug-likeness (QED) is 0.665. The van der Waals surface area contributed by atoms with Crippen LogP contribution < -0.4 is 5.73 Å². The molecule has 2 heterocycles. The minimum Gasteiger partial charge on any atom is -0.396 e. The third-order valence-electron chi connectivity index (χ3n) is 3.61. The lowest BCUT2D eigenvalue weighted by Gasteiger charge is -2.42. The minimum absolute atomic E-state index is 0.0978. The second-order valence-electron chi connectivity index (χ2n) is 4.92. The number of carbonyl (C=O) groups excluding carboxylic acids is 2. The van der Waals surface area contributed by atoms with Crippen LogP contribution in [0, 0.1) is 11.8 Å². The molecular formula is C11H19N3O3. The van der Waals surface area contributed by atoms with Gasteiger partial charge in [0, 0.05) is 38.7 Å². The van der Waals surface area contributed by atoms with Crippen molar-refractivity contribution in [1.29, 1.82) is 0 Å². The summed E-state index contributed by atoms with van der Waals surface area (Å²) < 4.78 is 0. The van der Waals surface area contributed by atoms with Crippen LogP contribution in [-0.2, 0) is 4.79 Å². The fraction of sp³-hybridized carbons (Fsp3) is 0.818. The van der Waals surface area contributed by atoms with Crippen LogP contribution >= 0.6 is 0 Å². The molecule has 0 radical (unpaired) electrons. The van der Waals surface area contributed by atoms with Crippen LogP contribution in [0.5, 0.6) is 0 Å². The molecule has 2 fully saturated rings. The predicted octanol–water partition coefficient (Wildman–Crippen LogP) is -0.772. The summed E-state index contributed by atoms with van der Waals surface area (Å²) in [5, 5.41) is 8.90. The molecule has 2 rings (SSSR count). The van der Waals surface area contributed by atoms with Gasteiger partial charge in [0.25, 0.3) is 0 Å². The smallest absolute Gasteiger partial charge is 0.314 e. The zero-order valence-electron chi connectivity index (χ0n) is 9.84. The molecular weight excluding hydrogens is 222 g/mol. The van der Waals surface area contributed by atoms with Crippen molar-refractivity contribution in [3.63, 3.8) is 0 Å². The van der Waals surface area contributed by atoms with Crippen LogP contribution in [0.4, 0.5) is 4.79 Å². The van der Waals surface area contributed by atoms with Crippen molar-refractivity contribution in [2.45, 2.75) is 12.8 Å². The van der Waals surface area contributed by atoms with Gasteiger partial charge in [-0.3, -0.25) is 4.79 Å². The standard InChI is InChI=1S/C11H19N3O3/c12-11(17)13-3-1-2-9(6-13)10(16)14-4-8(5-14)7-15/h8-9,15H,1-7H2,(H2,12,17). The Labute approximate surface area is 100 Å². The molecule has 0 aliphatic carbocycles. The number of piperidine rings is 1. The number of hydrogen-bond acceptors (Lipinski definition) is 3. The Balaban J connectivity index is 1.85. The first-order chi connectivity index (χ1) is 8.11. The van der Waals surface area contributed by atoms with E-state index < -0.39 is 6.03 Å². The molecule has 6 nitrogen and oxygen atoms in total. The number of aliphatic hydroxyl groups excluding tert-OH is 1. The molecule has 17 heavy (non-hydrogen) atoms. The number of primary amides is 1. The molecule has 6 heteroatoms. The number of urea groups is 1. The number of hydrogen-bond donors (Lipinski definition) is 2. The van der Waals surface area contributed by atoms with Gasteiger partial charge >= 0.3 is 6.03 Å². The van der Waals surface area contributed by atoms with Gasteiger partial charge in [0.05, 0.1) is 5.92 Å². The van der Waals surface area contributed by atoms with Crippen LogP contribution in [0.15, 0.2) is 0 Å². The summed E-state index contributed by atoms with van der Waals surface area (Å²) in [4.78, 5) is 26.4. The van der Waals surface area contributed by atoms with E-state index in [0.717, 1.165) is 12.8 Å². The van der Waals surface area contributed by atoms with Crippen molar-refractivity contribution < 1.29 is 14.7 Å². The molecule has 2 aliphatic rings. The Kier molecular flexibility index (Phi) is 3.51. The van der Waals surface area contributed by atoms with Gasteiger partial charge in [-0.2, -0.15) is 0 Å². The third kappa shape index (κ3) is 2.52. The first-order valence-corrected chi connectivity index (χ1v) is 6.06. The molecule has 1 atom stereocenters. The third-order valence-corrected chi connectivity index (χ3v) is 3.61. The van der Waals surface area contributed by atoms with Gasteiger partial charge in [0.2, 0.25) is 5.91 Å². The summed E-state index contributed by atoms with van der Waals surface area (Å²) in [5.74, 6) is 0.214. The van der Waals surface area contributed by atoms with Crippen LogP contribution in [0.2, 0.25) is 0 Å². The largest absolute Gasteiger partial charge is 0.396 e. The van der Waals surface area contributed by atoms with E-state index in [-0.39, 0.29) is 24.3 Å². The highest BCUT2D eigenvalue weighted by Crippen LogP contribution is 2.23. The average molecular weight is 241 g/mol. The van der Waals surface area contributed by atoms with Crippen LogP contribution in [0.1, 0.15) is 12.8 Å². The Morgan fingerprint density at radius 3 is 2.53 bits per heavy atom. The number of rotatable bonds is 2. The number of amides is 3. The molecule has 2 aliphatic heterocycles. The molecule has 96 valence electrons. The van der Waals surface area contributed by atoms with Gasteiger partial charge in [-0.1, -0.05) is 0 Å². The highest BCUT2D eigenvalue weighted by Gasteiger charge is 2.36. The monoisotopic (exact) mass is 241 g/mol. The average Bonchev–Trinajstić information content (AvgIpc) is 2.27. The molecule has 0 aromatic rings. The Bertz CT molecular complexity index is 315. The van der Waals surface area contributed by atoms with Crippen molar-refractivity contribution in [2.75, 3.05) is 32.8 Å². The maximum absolute atomic E-state index is 12.1. The summed E-state index contributed by atoms with van der Waals surface area (Å²) in [5.41, 5.74) is 5.22. The Hall–Kier alpha value is -1.30. The molecule has 0 saturated carbocycles. The first kappa shape index (κ1) is 12.2. The predicted molar refractivity (Wildman–Crippen MR) is 61.0 cm³/mol. The lowest BCUT2D eigenvalue weighted by atomic mass is 9.93. The second-order valence-corrected chi connectivity index (χ2v) is 4.92. The summed E-state index contributed by atoms with van der Waals surface area (Å²) in [6.07, 6.45) is 1.65. The minimum atomic E-state index is -0.445. The number of aliphatic hydroxyl groups is 1. The van der Waals surface area contributed by atoms with Gasteiger partial charge < -0.3 is 20.6 Å². The summed E-state index contributed by atoms with van der Waals surface area (Å²) in [6, 6.07) is -0.445. The lowest BCUT2D eigenvalue weighted by molar-refractivity contribution is -0.144. The zero-order valence-corrected chi connectivity index (χ0v) is 9.84. The Morgan fingerprint density at radius 2 is 1.94 bits per heavy atom. The van der Waals surface area contributed by atoms with Crippen molar-refractivity contribution in [3.8, 4) is 0 Å². The van der Waals surface area contributed by atoms with Crippen molar-refractivity contribution >= 4 is 11.9 Å². The maximum atomic E-state index is 12.1. The van der Waals surface area contributed by atoms with Gasteiger partial charge in [-0.05, 0) is 12.8 Å². The van der Waals surface area contributed by atoms with Gasteiger partial charge in [0.15, 0.2) is 0 Å². The van der Waals surface area contributed by atoms with E-state index in [0.29, 0.717) is 26.2 Å². The van der Waals surface area contributed by atoms with Gasteiger partial charge in [0.1, 0.15) is 0 Å². The van der Waals surface area contributed by atoms with Crippen molar-refractivity contribution in [1.82, 2.24) is 9.80 Å². The maximum Gasteiger partial charge on any atom is 0.314 e. The lowest BCUT2D eigenvalue weighted by Crippen LogP contribution is -2.56. The molecule has 2 saturated heterocycles. The molecule has 1 unspecified atom stereocenters. The van der Waals surface area contributed by atoms with Crippen molar-refractivity contribution in [3.05, 3.63) is 0 Å². The summed E-state index contributed by atoms with van der Waals surface area (Å²) in [7, 11) is 0. The number of carbonyl (C=O) groups is 2. The fourth-order valence-corrected chi connectivity index (χ4v) is 2.50. The molecule has 0 spiro atoms. The van der Waals surface area contributed by atoms with Crippen LogP contribution in [0.3, 0.4) is 0 Å². The van der Waals surface area contributed by atoms with E-state index >= 15 is 0 Å². The van der Waals surface area contributed by atoms with E-state index in [2.05, 4.69) is 0 Å². The molecule has 0 bridgehead atoms. The van der Waals surface area contributed by atoms with E-state index in [4.69, 9.17) is 10.8 Å². The number of nitrogens with zero attached hydrogens (tertiary/aromatic N) is 2. The molecule has 3 amide bonds. The second kappa shape index (κ2) is 4.91. The van der Waals surface area contributed by atoms with Gasteiger partial charge in [-0.15, -0.1) is 0 Å². The van der Waals surface area contributed by atoms with E-state index in [1.165, 1.54) is 4.90 Å². The van der Waals surface area contributed by atoms with E-state index in [9.17, 15) is 9.59 Å². The van der Waals surface area contributed by atoms with Crippen molar-refractivity contribution in [2.24, 2.45) is 17.6 Å². The Morgan fingerprint density at radius 1 is 1.24 bits per heavy atom. The summed E-state index contributed by atoms with van der Waals surface area (Å²) in [6.45, 7) is 2.51. The highest BCUT2D eigenvalue weighted by atomic mass is 16.3. The SMILES string of the molecule is NC(=O)N1CCCC(C(=O)N2CC(CO)C2)C1. The van der Waals surface area contributed by atoms with Crippen LogP contribution in [-0.4, -0.2) is 59.6 Å². The first-order valence-electron chi connectivity index (χ1n) is 6.06. The zero-order chi connectivity index (χ0) is 12.4. The molecule has 0 aromatic heterocycles. The number of nitrogens with two attached hydrogens (primary N) is 1. The molecule has 0 aromatic carbocycles. The summed E-state index contributed by atoms with van der Waals surface area (Å²) >= 11 is 0. The van der Waals surface area contributed by atoms with E-state index in [1.54, 1.807) is 4.90 Å². The van der Waals surface area contributed by atoms with Gasteiger partial charge in [-0.25, -0.2) is 4.79 Å². The number of likely N-dealkylation sites (tertiary alicyclic amines) is 2. The van der Waals surface area contributed by atoms with Crippen LogP contribution in [0.25, 0.3) is 0 Å². The topological polar surface area (TPSA) is 86.9 Å². The fourth-order valence-electron chi connectivity index (χ4n) is 2.50.